The Labute approximate surface area is 237 Å². The van der Waals surface area contributed by atoms with Crippen molar-refractivity contribution >= 4 is 45.9 Å². The summed E-state index contributed by atoms with van der Waals surface area (Å²) in [4.78, 5) is 17.2. The second-order valence-electron chi connectivity index (χ2n) is 8.77. The lowest BCUT2D eigenvalue weighted by atomic mass is 10.1. The maximum absolute atomic E-state index is 12.6. The summed E-state index contributed by atoms with van der Waals surface area (Å²) in [7, 11) is 1.61. The van der Waals surface area contributed by atoms with Crippen LogP contribution in [0.1, 0.15) is 48.5 Å². The normalized spacial score (nSPS) is 10.9. The zero-order chi connectivity index (χ0) is 27.5. The van der Waals surface area contributed by atoms with Gasteiger partial charge in [-0.3, -0.25) is 4.79 Å². The van der Waals surface area contributed by atoms with Gasteiger partial charge >= 0.3 is 0 Å². The molecule has 1 heterocycles. The Morgan fingerprint density at radius 2 is 1.82 bits per heavy atom. The summed E-state index contributed by atoms with van der Waals surface area (Å²) in [6.45, 7) is 2.84. The van der Waals surface area contributed by atoms with E-state index in [4.69, 9.17) is 21.1 Å². The van der Waals surface area contributed by atoms with Crippen LogP contribution in [0.2, 0.25) is 5.02 Å². The molecule has 0 unspecified atom stereocenters. The molecular formula is C30H31ClN4O3S. The number of halogens is 1. The molecule has 0 saturated carbocycles. The highest BCUT2D eigenvalue weighted by Crippen LogP contribution is 2.29. The van der Waals surface area contributed by atoms with Crippen molar-refractivity contribution in [1.29, 1.82) is 0 Å². The van der Waals surface area contributed by atoms with Crippen LogP contribution in [-0.2, 0) is 0 Å². The molecule has 0 aliphatic heterocycles. The van der Waals surface area contributed by atoms with E-state index in [2.05, 4.69) is 27.8 Å². The van der Waals surface area contributed by atoms with Crippen molar-refractivity contribution in [2.75, 3.05) is 19.0 Å². The molecule has 0 aliphatic carbocycles. The van der Waals surface area contributed by atoms with Crippen molar-refractivity contribution < 1.29 is 14.3 Å². The maximum atomic E-state index is 12.6. The fourth-order valence-corrected chi connectivity index (χ4v) is 4.60. The summed E-state index contributed by atoms with van der Waals surface area (Å²) >= 11 is 7.45. The fourth-order valence-electron chi connectivity index (χ4n) is 3.74. The first kappa shape index (κ1) is 28.1. The maximum Gasteiger partial charge on any atom is 0.271 e. The highest BCUT2D eigenvalue weighted by atomic mass is 35.5. The van der Waals surface area contributed by atoms with E-state index in [0.29, 0.717) is 28.7 Å². The number of anilines is 2. The lowest BCUT2D eigenvalue weighted by Crippen LogP contribution is -2.17. The highest BCUT2D eigenvalue weighted by molar-refractivity contribution is 7.14. The summed E-state index contributed by atoms with van der Waals surface area (Å²) in [6.07, 6.45) is 6.14. The van der Waals surface area contributed by atoms with Crippen molar-refractivity contribution in [2.45, 2.75) is 32.6 Å². The average molecular weight is 563 g/mol. The number of rotatable bonds is 13. The number of amides is 1. The van der Waals surface area contributed by atoms with E-state index in [1.807, 2.05) is 60.0 Å². The molecule has 1 amide bonds. The third kappa shape index (κ3) is 8.30. The molecule has 0 fully saturated rings. The zero-order valence-corrected chi connectivity index (χ0v) is 23.5. The van der Waals surface area contributed by atoms with E-state index in [1.165, 1.54) is 24.2 Å². The molecule has 4 rings (SSSR count). The van der Waals surface area contributed by atoms with E-state index >= 15 is 0 Å². The average Bonchev–Trinajstić information content (AvgIpc) is 3.43. The Balaban J connectivity index is 1.30. The van der Waals surface area contributed by atoms with Crippen LogP contribution in [0.5, 0.6) is 11.5 Å². The second-order valence-corrected chi connectivity index (χ2v) is 10.1. The molecule has 39 heavy (non-hydrogen) atoms. The summed E-state index contributed by atoms with van der Waals surface area (Å²) < 4.78 is 11.3. The quantitative estimate of drug-likeness (QED) is 0.0981. The van der Waals surface area contributed by atoms with Gasteiger partial charge in [0.25, 0.3) is 5.91 Å². The minimum Gasteiger partial charge on any atom is -0.493 e. The second kappa shape index (κ2) is 14.3. The Hall–Kier alpha value is -3.88. The van der Waals surface area contributed by atoms with Gasteiger partial charge < -0.3 is 14.8 Å². The number of carbonyl (C=O) groups is 1. The number of benzene rings is 3. The molecule has 0 bridgehead atoms. The summed E-state index contributed by atoms with van der Waals surface area (Å²) in [5.74, 6) is 1.02. The molecule has 2 N–H and O–H groups in total. The molecule has 0 radical (unpaired) electrons. The van der Waals surface area contributed by atoms with Crippen molar-refractivity contribution in [3.63, 3.8) is 0 Å². The first-order chi connectivity index (χ1) is 19.1. The lowest BCUT2D eigenvalue weighted by Gasteiger charge is -2.11. The van der Waals surface area contributed by atoms with Crippen molar-refractivity contribution in [3.05, 3.63) is 88.3 Å². The van der Waals surface area contributed by atoms with Gasteiger partial charge in [-0.1, -0.05) is 49.9 Å². The molecule has 0 saturated heterocycles. The number of unbranched alkanes of at least 4 members (excludes halogenated alkanes) is 3. The fraction of sp³-hybridized carbons (Fsp3) is 0.233. The third-order valence-electron chi connectivity index (χ3n) is 5.87. The minimum absolute atomic E-state index is 0.305. The smallest absolute Gasteiger partial charge is 0.271 e. The van der Waals surface area contributed by atoms with Gasteiger partial charge in [0.05, 0.1) is 25.6 Å². The third-order valence-corrected chi connectivity index (χ3v) is 6.88. The van der Waals surface area contributed by atoms with Gasteiger partial charge in [-0.25, -0.2) is 10.4 Å². The highest BCUT2D eigenvalue weighted by Gasteiger charge is 2.09. The molecular weight excluding hydrogens is 532 g/mol. The number of ether oxygens (including phenoxy) is 2. The number of nitrogens with zero attached hydrogens (tertiary/aromatic N) is 2. The SMILES string of the molecule is CCCCCCOc1ccc(/C=N\NC(=O)c2ccc(-c3csc(Nc4ccc(Cl)cc4)n3)cc2)cc1OC. The van der Waals surface area contributed by atoms with Gasteiger partial charge in [-0.05, 0) is 66.6 Å². The van der Waals surface area contributed by atoms with Crippen LogP contribution in [0, 0.1) is 0 Å². The number of nitrogens with one attached hydrogen (secondary N) is 2. The van der Waals surface area contributed by atoms with E-state index in [9.17, 15) is 4.79 Å². The molecule has 3 aromatic carbocycles. The molecule has 4 aromatic rings. The van der Waals surface area contributed by atoms with E-state index in [0.717, 1.165) is 40.5 Å². The zero-order valence-electron chi connectivity index (χ0n) is 21.9. The van der Waals surface area contributed by atoms with Gasteiger partial charge in [-0.2, -0.15) is 5.10 Å². The van der Waals surface area contributed by atoms with Gasteiger partial charge in [0.15, 0.2) is 16.6 Å². The van der Waals surface area contributed by atoms with Gasteiger partial charge in [0.1, 0.15) is 0 Å². The first-order valence-corrected chi connectivity index (χ1v) is 14.0. The van der Waals surface area contributed by atoms with Crippen LogP contribution in [0.3, 0.4) is 0 Å². The Bertz CT molecular complexity index is 1390. The first-order valence-electron chi connectivity index (χ1n) is 12.8. The Morgan fingerprint density at radius 3 is 2.56 bits per heavy atom. The van der Waals surface area contributed by atoms with Crippen LogP contribution in [0.4, 0.5) is 10.8 Å². The van der Waals surface area contributed by atoms with E-state index in [-0.39, 0.29) is 5.91 Å². The minimum atomic E-state index is -0.305. The van der Waals surface area contributed by atoms with Crippen LogP contribution >= 0.6 is 22.9 Å². The molecule has 0 spiro atoms. The van der Waals surface area contributed by atoms with Gasteiger partial charge in [0.2, 0.25) is 0 Å². The van der Waals surface area contributed by atoms with E-state index in [1.54, 1.807) is 25.5 Å². The molecule has 0 atom stereocenters. The predicted octanol–water partition coefficient (Wildman–Crippen LogP) is 7.94. The lowest BCUT2D eigenvalue weighted by molar-refractivity contribution is 0.0955. The largest absolute Gasteiger partial charge is 0.493 e. The summed E-state index contributed by atoms with van der Waals surface area (Å²) in [6, 6.07) is 20.2. The number of methoxy groups -OCH3 is 1. The summed E-state index contributed by atoms with van der Waals surface area (Å²) in [5.41, 5.74) is 6.50. The number of hydrogen-bond acceptors (Lipinski definition) is 7. The molecule has 7 nitrogen and oxygen atoms in total. The molecule has 1 aromatic heterocycles. The topological polar surface area (TPSA) is 84.8 Å². The summed E-state index contributed by atoms with van der Waals surface area (Å²) in [5, 5.41) is 10.8. The molecule has 202 valence electrons. The number of hydrazone groups is 1. The van der Waals surface area contributed by atoms with Crippen molar-refractivity contribution in [2.24, 2.45) is 5.10 Å². The van der Waals surface area contributed by atoms with E-state index < -0.39 is 0 Å². The Morgan fingerprint density at radius 1 is 1.03 bits per heavy atom. The predicted molar refractivity (Wildman–Crippen MR) is 160 cm³/mol. The van der Waals surface area contributed by atoms with Crippen LogP contribution in [0.25, 0.3) is 11.3 Å². The van der Waals surface area contributed by atoms with Gasteiger partial charge in [0, 0.05) is 27.2 Å². The Kier molecular flexibility index (Phi) is 10.3. The standard InChI is InChI=1S/C30H31ClN4O3S/c1-3-4-5-6-17-38-27-16-7-21(18-28(27)37-2)19-32-35-29(36)23-10-8-22(9-11-23)26-20-39-30(34-26)33-25-14-12-24(31)13-15-25/h7-16,18-20H,3-6,17H2,1-2H3,(H,33,34)(H,35,36)/b32-19-. The number of carbonyl (C=O) groups excluding carboxylic acids is 1. The van der Waals surface area contributed by atoms with Crippen molar-refractivity contribution in [1.82, 2.24) is 10.4 Å². The monoisotopic (exact) mass is 562 g/mol. The van der Waals surface area contributed by atoms with Crippen molar-refractivity contribution in [3.8, 4) is 22.8 Å². The van der Waals surface area contributed by atoms with Crippen LogP contribution in [-0.4, -0.2) is 30.8 Å². The van der Waals surface area contributed by atoms with Crippen LogP contribution < -0.4 is 20.2 Å². The van der Waals surface area contributed by atoms with Crippen LogP contribution in [0.15, 0.2) is 77.2 Å². The molecule has 0 aliphatic rings. The van der Waals surface area contributed by atoms with Gasteiger partial charge in [-0.15, -0.1) is 11.3 Å². The molecule has 9 heteroatoms. The number of hydrogen-bond donors (Lipinski definition) is 2. The number of aromatic nitrogens is 1. The number of thiazole rings is 1.